The van der Waals surface area contributed by atoms with Crippen molar-refractivity contribution in [3.05, 3.63) is 40.7 Å². The number of fused-ring (bicyclic) bond motifs is 1. The largest absolute Gasteiger partial charge is 0.349 e. The SMILES string of the molecule is O=C1CCC(N2Cc3cccc(CNc4n[nH]c(C5CCNC5)n4)c3C2=O)C(=O)N1. The molecule has 3 amide bonds. The molecule has 0 radical (unpaired) electrons. The van der Waals surface area contributed by atoms with Gasteiger partial charge in [0.2, 0.25) is 17.8 Å². The maximum atomic E-state index is 13.1. The van der Waals surface area contributed by atoms with Crippen molar-refractivity contribution in [3.63, 3.8) is 0 Å². The van der Waals surface area contributed by atoms with Crippen LogP contribution in [0, 0.1) is 0 Å². The minimum Gasteiger partial charge on any atom is -0.349 e. The molecule has 4 N–H and O–H groups in total. The van der Waals surface area contributed by atoms with Gasteiger partial charge in [-0.05, 0) is 30.5 Å². The topological polar surface area (TPSA) is 132 Å². The number of nitrogens with zero attached hydrogens (tertiary/aromatic N) is 3. The Hall–Kier alpha value is -3.27. The lowest BCUT2D eigenvalue weighted by atomic mass is 10.0. The third-order valence-corrected chi connectivity index (χ3v) is 6.03. The second-order valence-electron chi connectivity index (χ2n) is 7.94. The fourth-order valence-corrected chi connectivity index (χ4v) is 4.44. The quantitative estimate of drug-likeness (QED) is 0.521. The minimum atomic E-state index is -0.612. The van der Waals surface area contributed by atoms with Crippen LogP contribution in [0.25, 0.3) is 0 Å². The fraction of sp³-hybridized carbons (Fsp3) is 0.450. The molecule has 0 bridgehead atoms. The second-order valence-corrected chi connectivity index (χ2v) is 7.94. The molecule has 2 saturated heterocycles. The van der Waals surface area contributed by atoms with E-state index >= 15 is 0 Å². The number of benzene rings is 1. The Balaban J connectivity index is 1.30. The first kappa shape index (κ1) is 18.7. The number of piperidine rings is 1. The van der Waals surface area contributed by atoms with E-state index in [0.29, 0.717) is 36.9 Å². The van der Waals surface area contributed by atoms with Crippen LogP contribution >= 0.6 is 0 Å². The number of hydrogen-bond donors (Lipinski definition) is 4. The van der Waals surface area contributed by atoms with Gasteiger partial charge < -0.3 is 15.5 Å². The molecule has 30 heavy (non-hydrogen) atoms. The van der Waals surface area contributed by atoms with E-state index in [1.165, 1.54) is 0 Å². The molecule has 1 aromatic carbocycles. The van der Waals surface area contributed by atoms with E-state index in [1.807, 2.05) is 18.2 Å². The zero-order valence-corrected chi connectivity index (χ0v) is 16.4. The number of nitrogens with one attached hydrogen (secondary N) is 4. The summed E-state index contributed by atoms with van der Waals surface area (Å²) in [4.78, 5) is 42.9. The van der Waals surface area contributed by atoms with Gasteiger partial charge in [-0.3, -0.25) is 24.8 Å². The van der Waals surface area contributed by atoms with Crippen LogP contribution in [0.15, 0.2) is 18.2 Å². The number of rotatable bonds is 5. The van der Waals surface area contributed by atoms with Gasteiger partial charge >= 0.3 is 0 Å². The number of anilines is 1. The maximum absolute atomic E-state index is 13.1. The van der Waals surface area contributed by atoms with Crippen LogP contribution in [-0.2, 0) is 22.7 Å². The zero-order chi connectivity index (χ0) is 20.7. The molecule has 156 valence electrons. The molecule has 2 fully saturated rings. The summed E-state index contributed by atoms with van der Waals surface area (Å²) in [7, 11) is 0. The van der Waals surface area contributed by atoms with Gasteiger partial charge in [0.1, 0.15) is 11.9 Å². The monoisotopic (exact) mass is 409 g/mol. The second kappa shape index (κ2) is 7.52. The summed E-state index contributed by atoms with van der Waals surface area (Å²) in [6.07, 6.45) is 1.63. The van der Waals surface area contributed by atoms with Gasteiger partial charge in [-0.15, -0.1) is 5.10 Å². The molecular weight excluding hydrogens is 386 g/mol. The number of imide groups is 1. The molecule has 0 spiro atoms. The number of carbonyl (C=O) groups excluding carboxylic acids is 3. The highest BCUT2D eigenvalue weighted by atomic mass is 16.2. The van der Waals surface area contributed by atoms with Crippen LogP contribution < -0.4 is 16.0 Å². The van der Waals surface area contributed by atoms with Gasteiger partial charge in [0.05, 0.1) is 0 Å². The van der Waals surface area contributed by atoms with E-state index < -0.39 is 11.9 Å². The Labute approximate surface area is 172 Å². The van der Waals surface area contributed by atoms with Crippen LogP contribution in [0.2, 0.25) is 0 Å². The highest BCUT2D eigenvalue weighted by Crippen LogP contribution is 2.30. The van der Waals surface area contributed by atoms with Gasteiger partial charge in [-0.1, -0.05) is 18.2 Å². The van der Waals surface area contributed by atoms with Crippen LogP contribution in [0.1, 0.15) is 52.5 Å². The molecule has 5 rings (SSSR count). The summed E-state index contributed by atoms with van der Waals surface area (Å²) in [5, 5.41) is 16.1. The highest BCUT2D eigenvalue weighted by Gasteiger charge is 2.39. The average molecular weight is 409 g/mol. The van der Waals surface area contributed by atoms with Crippen molar-refractivity contribution in [1.82, 2.24) is 30.7 Å². The first-order valence-corrected chi connectivity index (χ1v) is 10.2. The molecule has 3 aliphatic heterocycles. The predicted octanol–water partition coefficient (Wildman–Crippen LogP) is 0.255. The molecule has 1 aromatic heterocycles. The average Bonchev–Trinajstić information content (AvgIpc) is 3.47. The van der Waals surface area contributed by atoms with Crippen molar-refractivity contribution >= 4 is 23.7 Å². The minimum absolute atomic E-state index is 0.176. The summed E-state index contributed by atoms with van der Waals surface area (Å²) in [5.74, 6) is 0.844. The normalized spacial score (nSPS) is 23.6. The number of carbonyl (C=O) groups is 3. The lowest BCUT2D eigenvalue weighted by molar-refractivity contribution is -0.136. The van der Waals surface area contributed by atoms with Crippen molar-refractivity contribution in [2.75, 3.05) is 18.4 Å². The van der Waals surface area contributed by atoms with Gasteiger partial charge in [-0.25, -0.2) is 0 Å². The number of H-pyrrole nitrogens is 1. The lowest BCUT2D eigenvalue weighted by Gasteiger charge is -2.29. The van der Waals surface area contributed by atoms with Crippen molar-refractivity contribution < 1.29 is 14.4 Å². The summed E-state index contributed by atoms with van der Waals surface area (Å²) < 4.78 is 0. The summed E-state index contributed by atoms with van der Waals surface area (Å²) in [6, 6.07) is 5.09. The van der Waals surface area contributed by atoms with Gasteiger partial charge in [0, 0.05) is 37.5 Å². The van der Waals surface area contributed by atoms with E-state index in [1.54, 1.807) is 4.90 Å². The van der Waals surface area contributed by atoms with E-state index in [-0.39, 0.29) is 18.2 Å². The first-order valence-electron chi connectivity index (χ1n) is 10.2. The van der Waals surface area contributed by atoms with E-state index in [9.17, 15) is 14.4 Å². The predicted molar refractivity (Wildman–Crippen MR) is 106 cm³/mol. The molecule has 2 atom stereocenters. The van der Waals surface area contributed by atoms with Gasteiger partial charge in [0.25, 0.3) is 5.91 Å². The van der Waals surface area contributed by atoms with Crippen LogP contribution in [0.5, 0.6) is 0 Å². The lowest BCUT2D eigenvalue weighted by Crippen LogP contribution is -2.52. The Bertz CT molecular complexity index is 1010. The maximum Gasteiger partial charge on any atom is 0.255 e. The fourth-order valence-electron chi connectivity index (χ4n) is 4.44. The highest BCUT2D eigenvalue weighted by molar-refractivity contribution is 6.06. The van der Waals surface area contributed by atoms with Crippen LogP contribution in [-0.4, -0.2) is 56.9 Å². The third-order valence-electron chi connectivity index (χ3n) is 6.03. The van der Waals surface area contributed by atoms with Crippen LogP contribution in [0.3, 0.4) is 0 Å². The third kappa shape index (κ3) is 3.32. The molecule has 10 heteroatoms. The summed E-state index contributed by atoms with van der Waals surface area (Å²) in [6.45, 7) is 2.65. The Morgan fingerprint density at radius 2 is 2.10 bits per heavy atom. The van der Waals surface area contributed by atoms with E-state index in [0.717, 1.165) is 36.5 Å². The Morgan fingerprint density at radius 1 is 1.20 bits per heavy atom. The smallest absolute Gasteiger partial charge is 0.255 e. The zero-order valence-electron chi connectivity index (χ0n) is 16.4. The molecule has 0 saturated carbocycles. The van der Waals surface area contributed by atoms with Crippen molar-refractivity contribution in [2.24, 2.45) is 0 Å². The standard InChI is InChI=1S/C20H23N7O3/c28-15-5-4-14(18(29)23-15)27-10-13-3-1-2-11(16(13)19(27)30)9-22-20-24-17(25-26-20)12-6-7-21-8-12/h1-3,12,14,21H,4-10H2,(H,23,28,29)(H2,22,24,25,26). The summed E-state index contributed by atoms with van der Waals surface area (Å²) in [5.41, 5.74) is 2.34. The molecule has 3 aliphatic rings. The van der Waals surface area contributed by atoms with Crippen molar-refractivity contribution in [2.45, 2.75) is 44.3 Å². The number of amides is 3. The van der Waals surface area contributed by atoms with E-state index in [2.05, 4.69) is 31.1 Å². The summed E-state index contributed by atoms with van der Waals surface area (Å²) >= 11 is 0. The van der Waals surface area contributed by atoms with Crippen molar-refractivity contribution in [1.29, 1.82) is 0 Å². The van der Waals surface area contributed by atoms with Crippen LogP contribution in [0.4, 0.5) is 5.95 Å². The van der Waals surface area contributed by atoms with Gasteiger partial charge in [-0.2, -0.15) is 4.98 Å². The first-order chi connectivity index (χ1) is 14.6. The number of aromatic amines is 1. The Kier molecular flexibility index (Phi) is 4.70. The molecule has 10 nitrogen and oxygen atoms in total. The number of hydrogen-bond acceptors (Lipinski definition) is 7. The molecular formula is C20H23N7O3. The molecule has 0 aliphatic carbocycles. The van der Waals surface area contributed by atoms with Crippen molar-refractivity contribution in [3.8, 4) is 0 Å². The molecule has 2 unspecified atom stereocenters. The van der Waals surface area contributed by atoms with E-state index in [4.69, 9.17) is 0 Å². The molecule has 2 aromatic rings. The Morgan fingerprint density at radius 3 is 2.90 bits per heavy atom. The molecule has 4 heterocycles. The van der Waals surface area contributed by atoms with Gasteiger partial charge in [0.15, 0.2) is 0 Å². The number of aromatic nitrogens is 3.